The van der Waals surface area contributed by atoms with Gasteiger partial charge in [-0.3, -0.25) is 4.79 Å². The molecule has 10 heteroatoms. The Labute approximate surface area is 366 Å². The Bertz CT molecular complexity index is 2020. The first-order valence-electron chi connectivity index (χ1n) is 23.6. The fourth-order valence-corrected chi connectivity index (χ4v) is 17.5. The van der Waals surface area contributed by atoms with E-state index in [1.165, 1.54) is 79.6 Å². The number of hydrogen-bond donors (Lipinski definition) is 2. The topological polar surface area (TPSA) is 109 Å². The van der Waals surface area contributed by atoms with Gasteiger partial charge in [-0.15, -0.1) is 0 Å². The summed E-state index contributed by atoms with van der Waals surface area (Å²) in [4.78, 5) is 16.4. The van der Waals surface area contributed by atoms with Crippen molar-refractivity contribution in [2.75, 3.05) is 44.3 Å². The van der Waals surface area contributed by atoms with Crippen molar-refractivity contribution >= 4 is 27.3 Å². The van der Waals surface area contributed by atoms with Crippen LogP contribution in [0.4, 0.5) is 0 Å². The van der Waals surface area contributed by atoms with E-state index in [1.807, 2.05) is 6.07 Å². The molecule has 4 saturated carbocycles. The third-order valence-electron chi connectivity index (χ3n) is 19.1. The van der Waals surface area contributed by atoms with Crippen molar-refractivity contribution < 1.29 is 23.1 Å². The maximum atomic E-state index is 12.9. The Morgan fingerprint density at radius 1 is 0.967 bits per heavy atom. The summed E-state index contributed by atoms with van der Waals surface area (Å²) in [6.07, 6.45) is 17.8. The predicted octanol–water partition coefficient (Wildman–Crippen LogP) is 10.3. The minimum absolute atomic E-state index is 0.00226. The zero-order valence-corrected chi connectivity index (χ0v) is 40.2. The number of nitrogens with one attached hydrogen (secondary N) is 1. The summed E-state index contributed by atoms with van der Waals surface area (Å²) in [5, 5.41) is 14.8. The third kappa shape index (κ3) is 7.23. The van der Waals surface area contributed by atoms with E-state index in [2.05, 4.69) is 95.6 Å². The van der Waals surface area contributed by atoms with Gasteiger partial charge in [0.1, 0.15) is 12.0 Å². The fourth-order valence-electron chi connectivity index (χ4n) is 15.5. The van der Waals surface area contributed by atoms with E-state index >= 15 is 0 Å². The van der Waals surface area contributed by atoms with Gasteiger partial charge in [0.15, 0.2) is 9.84 Å². The summed E-state index contributed by atoms with van der Waals surface area (Å²) in [6.45, 7) is 29.8. The molecule has 0 amide bonds. The molecular weight excluding hydrogens is 787 g/mol. The molecule has 6 aliphatic carbocycles. The zero-order valence-electron chi connectivity index (χ0n) is 38.6. The van der Waals surface area contributed by atoms with Crippen molar-refractivity contribution in [3.63, 3.8) is 0 Å². The number of ether oxygens (including phenoxy) is 1. The van der Waals surface area contributed by atoms with Gasteiger partial charge in [0.25, 0.3) is 0 Å². The molecule has 10 atom stereocenters. The number of fused-ring (bicyclic) bond motifs is 7. The minimum Gasteiger partial charge on any atom is -0.481 e. The highest BCUT2D eigenvalue weighted by Gasteiger charge is 2.70. The lowest BCUT2D eigenvalue weighted by Gasteiger charge is -2.72. The first kappa shape index (κ1) is 44.6. The highest BCUT2D eigenvalue weighted by atomic mass is 32.2. The van der Waals surface area contributed by atoms with E-state index in [4.69, 9.17) is 4.74 Å². The molecule has 0 radical (unpaired) electrons. The molecule has 8 rings (SSSR count). The second-order valence-corrected chi connectivity index (χ2v) is 26.5. The van der Waals surface area contributed by atoms with Crippen LogP contribution in [-0.2, 0) is 20.0 Å². The van der Waals surface area contributed by atoms with Crippen molar-refractivity contribution in [3.8, 4) is 5.88 Å². The summed E-state index contributed by atoms with van der Waals surface area (Å²) in [5.74, 6) is 3.39. The molecule has 334 valence electrons. The van der Waals surface area contributed by atoms with Crippen molar-refractivity contribution in [2.24, 2.45) is 56.7 Å². The fraction of sp³-hybridized carbons (Fsp3) is 0.800. The Morgan fingerprint density at radius 2 is 1.70 bits per heavy atom. The molecule has 7 aliphatic rings. The van der Waals surface area contributed by atoms with Crippen LogP contribution in [0.25, 0.3) is 0 Å². The van der Waals surface area contributed by atoms with E-state index < -0.39 is 21.2 Å². The van der Waals surface area contributed by atoms with Gasteiger partial charge in [0, 0.05) is 42.7 Å². The van der Waals surface area contributed by atoms with Crippen LogP contribution in [-0.4, -0.2) is 78.6 Å². The molecule has 5 fully saturated rings. The molecule has 0 aromatic carbocycles. The van der Waals surface area contributed by atoms with E-state index in [0.717, 1.165) is 30.8 Å². The maximum absolute atomic E-state index is 12.9. The van der Waals surface area contributed by atoms with Crippen LogP contribution < -0.4 is 10.1 Å². The molecule has 1 aliphatic heterocycles. The zero-order chi connectivity index (χ0) is 43.3. The van der Waals surface area contributed by atoms with Crippen molar-refractivity contribution in [1.82, 2.24) is 14.6 Å². The SMILES string of the molecule is C=C(C)[C@@H]1CC[C@]2(NCCN3CCS(=O)(=O)CC3)CC[C@]3(C)[C@H](CC[C@@H]4[C@@]5(C)CC=C(C6=CCC(COc7cc(C(C)(C)C)sn7)(C(=O)O)CC6)C(C)(C)[C@@H]5CC[C@]43C)[C@@H]12. The second-order valence-electron chi connectivity index (χ2n) is 23.4. The van der Waals surface area contributed by atoms with E-state index in [-0.39, 0.29) is 39.2 Å². The van der Waals surface area contributed by atoms with Crippen LogP contribution >= 0.6 is 11.5 Å². The summed E-state index contributed by atoms with van der Waals surface area (Å²) in [5.41, 5.74) is 4.09. The number of hydrogen-bond acceptors (Lipinski definition) is 8. The molecular formula is C50H77N3O5S2. The first-order chi connectivity index (χ1) is 28.0. The maximum Gasteiger partial charge on any atom is 0.313 e. The number of carbonyl (C=O) groups is 1. The summed E-state index contributed by atoms with van der Waals surface area (Å²) in [6, 6.07) is 1.98. The molecule has 1 aromatic heterocycles. The number of sulfone groups is 1. The number of allylic oxidation sites excluding steroid dienone is 5. The van der Waals surface area contributed by atoms with Crippen LogP contribution in [0.2, 0.25) is 0 Å². The van der Waals surface area contributed by atoms with Crippen LogP contribution in [0.1, 0.15) is 144 Å². The van der Waals surface area contributed by atoms with Gasteiger partial charge in [-0.1, -0.05) is 79.7 Å². The Kier molecular flexibility index (Phi) is 11.4. The molecule has 0 spiro atoms. The van der Waals surface area contributed by atoms with Gasteiger partial charge in [-0.2, -0.15) is 4.37 Å². The predicted molar refractivity (Wildman–Crippen MR) is 244 cm³/mol. The van der Waals surface area contributed by atoms with Crippen molar-refractivity contribution in [1.29, 1.82) is 0 Å². The molecule has 1 aromatic rings. The highest BCUT2D eigenvalue weighted by molar-refractivity contribution is 7.91. The minimum atomic E-state index is -2.87. The number of carboxylic acids is 1. The van der Waals surface area contributed by atoms with E-state index in [1.54, 1.807) is 0 Å². The third-order valence-corrected chi connectivity index (χ3v) is 21.9. The van der Waals surface area contributed by atoms with Crippen molar-refractivity contribution in [3.05, 3.63) is 46.4 Å². The average molecular weight is 864 g/mol. The number of aliphatic carboxylic acids is 1. The quantitative estimate of drug-likeness (QED) is 0.224. The number of aromatic nitrogens is 1. The smallest absolute Gasteiger partial charge is 0.313 e. The summed E-state index contributed by atoms with van der Waals surface area (Å²) >= 11 is 1.44. The second kappa shape index (κ2) is 15.3. The normalized spacial score (nSPS) is 41.2. The first-order valence-corrected chi connectivity index (χ1v) is 26.2. The van der Waals surface area contributed by atoms with Gasteiger partial charge < -0.3 is 20.1 Å². The monoisotopic (exact) mass is 864 g/mol. The lowest BCUT2D eigenvalue weighted by atomic mass is 9.33. The van der Waals surface area contributed by atoms with Crippen LogP contribution in [0.3, 0.4) is 0 Å². The van der Waals surface area contributed by atoms with Gasteiger partial charge in [0.2, 0.25) is 5.88 Å². The van der Waals surface area contributed by atoms with Gasteiger partial charge in [0.05, 0.1) is 11.5 Å². The Hall–Kier alpha value is -2.01. The van der Waals surface area contributed by atoms with Crippen molar-refractivity contribution in [2.45, 2.75) is 150 Å². The highest BCUT2D eigenvalue weighted by Crippen LogP contribution is 2.76. The Morgan fingerprint density at radius 3 is 2.33 bits per heavy atom. The molecule has 8 nitrogen and oxygen atoms in total. The average Bonchev–Trinajstić information content (AvgIpc) is 3.82. The molecule has 2 heterocycles. The Balaban J connectivity index is 0.995. The largest absolute Gasteiger partial charge is 0.481 e. The van der Waals surface area contributed by atoms with Crippen LogP contribution in [0.5, 0.6) is 5.88 Å². The lowest BCUT2D eigenvalue weighted by Crippen LogP contribution is -2.68. The van der Waals surface area contributed by atoms with Gasteiger partial charge in [-0.05, 0) is 163 Å². The number of carboxylic acid groups (broad SMARTS) is 1. The van der Waals surface area contributed by atoms with Crippen LogP contribution in [0, 0.1) is 56.7 Å². The summed E-state index contributed by atoms with van der Waals surface area (Å²) < 4.78 is 34.8. The van der Waals surface area contributed by atoms with E-state index in [0.29, 0.717) is 72.9 Å². The molecule has 1 saturated heterocycles. The van der Waals surface area contributed by atoms with Gasteiger partial charge in [-0.25, -0.2) is 8.42 Å². The number of nitrogens with zero attached hydrogens (tertiary/aromatic N) is 2. The standard InChI is InChI=1S/C50H77N3O5S2/c1-33(2)35-15-22-50(51-25-26-53-27-29-60(56,57)30-28-53)24-23-47(9)37(42(35)50)11-12-39-46(8)18-16-36(45(6,7)38(46)17-19-48(39,47)10)34-13-20-49(21-14-34,43(54)55)32-58-41-31-40(59-52-41)44(3,4)5/h13,16,31,35,37-39,42,51H,1,11-12,14-15,17-30,32H2,2-10H3,(H,54,55)/t35-,37+,38-,39+,42+,46-,47+,48+,49?,50-/m0/s1. The summed E-state index contributed by atoms with van der Waals surface area (Å²) in [7, 11) is -2.87. The molecule has 60 heavy (non-hydrogen) atoms. The van der Waals surface area contributed by atoms with Gasteiger partial charge >= 0.3 is 5.97 Å². The molecule has 1 unspecified atom stereocenters. The lowest BCUT2D eigenvalue weighted by molar-refractivity contribution is -0.221. The van der Waals surface area contributed by atoms with E-state index in [9.17, 15) is 18.3 Å². The number of rotatable bonds is 10. The molecule has 0 bridgehead atoms. The molecule has 2 N–H and O–H groups in total. The van der Waals surface area contributed by atoms with Crippen LogP contribution in [0.15, 0.2) is 41.5 Å².